The first-order chi connectivity index (χ1) is 7.02. The van der Waals surface area contributed by atoms with Gasteiger partial charge in [0.2, 0.25) is 0 Å². The Kier molecular flexibility index (Phi) is 3.91. The topological polar surface area (TPSA) is 62.5 Å². The second-order valence-electron chi connectivity index (χ2n) is 3.82. The molecule has 1 heterocycles. The smallest absolute Gasteiger partial charge is 0.307 e. The van der Waals surface area contributed by atoms with Gasteiger partial charge in [0.05, 0.1) is 18.2 Å². The van der Waals surface area contributed by atoms with Gasteiger partial charge in [0.25, 0.3) is 0 Å². The van der Waals surface area contributed by atoms with Gasteiger partial charge in [0, 0.05) is 6.04 Å². The Balaban J connectivity index is 2.51. The molecule has 4 heteroatoms. The lowest BCUT2D eigenvalue weighted by atomic mass is 10.0. The largest absolute Gasteiger partial charge is 0.481 e. The van der Waals surface area contributed by atoms with Crippen LogP contribution in [0.4, 0.5) is 0 Å². The van der Waals surface area contributed by atoms with Gasteiger partial charge in [-0.25, -0.2) is 0 Å². The van der Waals surface area contributed by atoms with Gasteiger partial charge in [0.15, 0.2) is 0 Å². The minimum Gasteiger partial charge on any atom is -0.481 e. The van der Waals surface area contributed by atoms with E-state index >= 15 is 0 Å². The summed E-state index contributed by atoms with van der Waals surface area (Å²) in [5.74, 6) is -0.386. The van der Waals surface area contributed by atoms with Crippen molar-refractivity contribution in [3.05, 3.63) is 24.2 Å². The lowest BCUT2D eigenvalue weighted by Gasteiger charge is -2.21. The number of furan rings is 1. The molecular formula is C11H17NO3. The number of carboxylic acids is 1. The van der Waals surface area contributed by atoms with Crippen LogP contribution in [-0.4, -0.2) is 17.1 Å². The normalized spacial score (nSPS) is 17.0. The molecule has 1 aromatic rings. The van der Waals surface area contributed by atoms with Gasteiger partial charge in [-0.3, -0.25) is 4.79 Å². The highest BCUT2D eigenvalue weighted by Gasteiger charge is 2.21. The molecule has 2 N–H and O–H groups in total. The third-order valence-electron chi connectivity index (χ3n) is 2.62. The number of hydrogen-bond donors (Lipinski definition) is 2. The van der Waals surface area contributed by atoms with Crippen molar-refractivity contribution >= 4 is 5.97 Å². The Morgan fingerprint density at radius 3 is 2.60 bits per heavy atom. The van der Waals surface area contributed by atoms with Crippen molar-refractivity contribution in [1.29, 1.82) is 0 Å². The van der Waals surface area contributed by atoms with Crippen LogP contribution in [0.1, 0.15) is 32.6 Å². The summed E-state index contributed by atoms with van der Waals surface area (Å²) in [6.45, 7) is 5.50. The molecule has 4 nitrogen and oxygen atoms in total. The molecule has 84 valence electrons. The second kappa shape index (κ2) is 4.98. The predicted octanol–water partition coefficient (Wildman–Crippen LogP) is 2.04. The van der Waals surface area contributed by atoms with E-state index in [1.807, 2.05) is 26.0 Å². The standard InChI is InChI=1S/C11H17NO3/c1-7(11(13)14)8(2)12-9(3)10-5-4-6-15-10/h4-9,12H,1-3H3,(H,13,14)/t7?,8?,9-/m0/s1. The summed E-state index contributed by atoms with van der Waals surface area (Å²) >= 11 is 0. The molecule has 0 aliphatic heterocycles. The lowest BCUT2D eigenvalue weighted by Crippen LogP contribution is -2.37. The Labute approximate surface area is 89.3 Å². The fourth-order valence-electron chi connectivity index (χ4n) is 1.37. The van der Waals surface area contributed by atoms with Crippen molar-refractivity contribution in [2.24, 2.45) is 5.92 Å². The zero-order chi connectivity index (χ0) is 11.4. The van der Waals surface area contributed by atoms with Gasteiger partial charge < -0.3 is 14.8 Å². The molecule has 0 saturated heterocycles. The number of nitrogens with one attached hydrogen (secondary N) is 1. The Hall–Kier alpha value is -1.29. The van der Waals surface area contributed by atoms with Crippen LogP contribution >= 0.6 is 0 Å². The molecule has 1 aromatic heterocycles. The zero-order valence-corrected chi connectivity index (χ0v) is 9.23. The Bertz CT molecular complexity index is 308. The molecule has 0 aliphatic rings. The van der Waals surface area contributed by atoms with Crippen LogP contribution in [0.5, 0.6) is 0 Å². The van der Waals surface area contributed by atoms with Crippen molar-refractivity contribution in [2.75, 3.05) is 0 Å². The molecule has 15 heavy (non-hydrogen) atoms. The molecule has 2 unspecified atom stereocenters. The van der Waals surface area contributed by atoms with Crippen LogP contribution in [0.15, 0.2) is 22.8 Å². The summed E-state index contributed by atoms with van der Waals surface area (Å²) in [5.41, 5.74) is 0. The highest BCUT2D eigenvalue weighted by molar-refractivity contribution is 5.70. The van der Waals surface area contributed by atoms with Crippen molar-refractivity contribution in [2.45, 2.75) is 32.9 Å². The molecule has 0 aromatic carbocycles. The van der Waals surface area contributed by atoms with Gasteiger partial charge in [-0.2, -0.15) is 0 Å². The van der Waals surface area contributed by atoms with Crippen LogP contribution in [0.3, 0.4) is 0 Å². The summed E-state index contributed by atoms with van der Waals surface area (Å²) < 4.78 is 5.23. The average Bonchev–Trinajstić information content (AvgIpc) is 2.68. The molecular weight excluding hydrogens is 194 g/mol. The van der Waals surface area contributed by atoms with Crippen LogP contribution in [0.25, 0.3) is 0 Å². The highest BCUT2D eigenvalue weighted by atomic mass is 16.4. The number of hydrogen-bond acceptors (Lipinski definition) is 3. The number of rotatable bonds is 5. The molecule has 0 bridgehead atoms. The van der Waals surface area contributed by atoms with Gasteiger partial charge in [0.1, 0.15) is 5.76 Å². The van der Waals surface area contributed by atoms with Gasteiger partial charge in [-0.05, 0) is 26.0 Å². The van der Waals surface area contributed by atoms with E-state index in [1.54, 1.807) is 13.2 Å². The van der Waals surface area contributed by atoms with E-state index in [4.69, 9.17) is 9.52 Å². The van der Waals surface area contributed by atoms with Crippen LogP contribution in [0, 0.1) is 5.92 Å². The molecule has 3 atom stereocenters. The molecule has 0 fully saturated rings. The zero-order valence-electron chi connectivity index (χ0n) is 9.23. The van der Waals surface area contributed by atoms with E-state index in [0.717, 1.165) is 5.76 Å². The minimum atomic E-state index is -0.790. The molecule has 0 aliphatic carbocycles. The van der Waals surface area contributed by atoms with Gasteiger partial charge in [-0.1, -0.05) is 6.92 Å². The first-order valence-corrected chi connectivity index (χ1v) is 5.04. The van der Waals surface area contributed by atoms with Crippen molar-refractivity contribution in [3.63, 3.8) is 0 Å². The first kappa shape index (κ1) is 11.8. The molecule has 0 amide bonds. The maximum atomic E-state index is 10.7. The minimum absolute atomic E-state index is 0.0248. The summed E-state index contributed by atoms with van der Waals surface area (Å²) in [5, 5.41) is 12.0. The first-order valence-electron chi connectivity index (χ1n) is 5.04. The molecule has 0 spiro atoms. The van der Waals surface area contributed by atoms with Crippen LogP contribution < -0.4 is 5.32 Å². The Morgan fingerprint density at radius 2 is 2.13 bits per heavy atom. The second-order valence-corrected chi connectivity index (χ2v) is 3.82. The Morgan fingerprint density at radius 1 is 1.47 bits per heavy atom. The van der Waals surface area contributed by atoms with Crippen molar-refractivity contribution in [3.8, 4) is 0 Å². The van der Waals surface area contributed by atoms with E-state index in [1.165, 1.54) is 0 Å². The van der Waals surface area contributed by atoms with E-state index in [0.29, 0.717) is 0 Å². The predicted molar refractivity (Wildman–Crippen MR) is 56.5 cm³/mol. The molecule has 0 radical (unpaired) electrons. The van der Waals surface area contributed by atoms with Gasteiger partial charge >= 0.3 is 5.97 Å². The molecule has 0 saturated carbocycles. The highest BCUT2D eigenvalue weighted by Crippen LogP contribution is 2.15. The monoisotopic (exact) mass is 211 g/mol. The third-order valence-corrected chi connectivity index (χ3v) is 2.62. The molecule has 1 rings (SSSR count). The SMILES string of the molecule is CC(N[C@@H](C)c1ccco1)C(C)C(=O)O. The number of carbonyl (C=O) groups is 1. The van der Waals surface area contributed by atoms with E-state index < -0.39 is 11.9 Å². The fourth-order valence-corrected chi connectivity index (χ4v) is 1.37. The quantitative estimate of drug-likeness (QED) is 0.782. The maximum absolute atomic E-state index is 10.7. The van der Waals surface area contributed by atoms with Gasteiger partial charge in [-0.15, -0.1) is 0 Å². The summed E-state index contributed by atoms with van der Waals surface area (Å²) in [6.07, 6.45) is 1.61. The van der Waals surface area contributed by atoms with Crippen LogP contribution in [0.2, 0.25) is 0 Å². The van der Waals surface area contributed by atoms with Crippen molar-refractivity contribution in [1.82, 2.24) is 5.32 Å². The summed E-state index contributed by atoms with van der Waals surface area (Å²) in [6, 6.07) is 3.62. The van der Waals surface area contributed by atoms with E-state index in [-0.39, 0.29) is 12.1 Å². The van der Waals surface area contributed by atoms with Crippen molar-refractivity contribution < 1.29 is 14.3 Å². The van der Waals surface area contributed by atoms with E-state index in [2.05, 4.69) is 5.32 Å². The third kappa shape index (κ3) is 3.09. The van der Waals surface area contributed by atoms with E-state index in [9.17, 15) is 4.79 Å². The lowest BCUT2D eigenvalue weighted by molar-refractivity contribution is -0.142. The average molecular weight is 211 g/mol. The summed E-state index contributed by atoms with van der Waals surface area (Å²) in [4.78, 5) is 10.7. The maximum Gasteiger partial charge on any atom is 0.307 e. The number of carboxylic acid groups (broad SMARTS) is 1. The summed E-state index contributed by atoms with van der Waals surface area (Å²) in [7, 11) is 0. The van der Waals surface area contributed by atoms with Crippen LogP contribution in [-0.2, 0) is 4.79 Å². The number of aliphatic carboxylic acids is 1. The fraction of sp³-hybridized carbons (Fsp3) is 0.545.